The number of rotatable bonds is 4. The van der Waals surface area contributed by atoms with Gasteiger partial charge >= 0.3 is 5.97 Å². The van der Waals surface area contributed by atoms with E-state index in [9.17, 15) is 4.79 Å². The summed E-state index contributed by atoms with van der Waals surface area (Å²) in [5.74, 6) is -0.376. The molecule has 0 bridgehead atoms. The van der Waals surface area contributed by atoms with Crippen LogP contribution in [0.1, 0.15) is 28.7 Å². The third-order valence-corrected chi connectivity index (χ3v) is 3.18. The molecule has 0 N–H and O–H groups in total. The Hall–Kier alpha value is -1.62. The first-order valence-corrected chi connectivity index (χ1v) is 6.85. The van der Waals surface area contributed by atoms with E-state index in [-0.39, 0.29) is 5.97 Å². The topological polar surface area (TPSA) is 44.1 Å². The van der Waals surface area contributed by atoms with Crippen molar-refractivity contribution in [2.45, 2.75) is 20.4 Å². The van der Waals surface area contributed by atoms with Crippen LogP contribution in [0.2, 0.25) is 0 Å². The van der Waals surface area contributed by atoms with Crippen LogP contribution in [0.5, 0.6) is 0 Å². The minimum Gasteiger partial charge on any atom is -0.461 e. The lowest BCUT2D eigenvalue weighted by Gasteiger charge is -2.04. The molecule has 0 aliphatic heterocycles. The average Bonchev–Trinajstić information content (AvgIpc) is 2.71. The van der Waals surface area contributed by atoms with Crippen molar-refractivity contribution in [3.63, 3.8) is 0 Å². The zero-order valence-electron chi connectivity index (χ0n) is 10.9. The van der Waals surface area contributed by atoms with E-state index in [0.29, 0.717) is 18.8 Å². The molecule has 2 aromatic rings. The van der Waals surface area contributed by atoms with Gasteiger partial charge in [-0.15, -0.1) is 0 Å². The van der Waals surface area contributed by atoms with Gasteiger partial charge < -0.3 is 4.74 Å². The lowest BCUT2D eigenvalue weighted by atomic mass is 10.2. The summed E-state index contributed by atoms with van der Waals surface area (Å²) in [6.45, 7) is 4.69. The molecule has 1 aromatic carbocycles. The van der Waals surface area contributed by atoms with Crippen LogP contribution in [-0.4, -0.2) is 22.4 Å². The SMILES string of the molecule is CCOC(=O)c1cc(C)n(Cc2cccc(Br)c2)n1. The molecule has 100 valence electrons. The lowest BCUT2D eigenvalue weighted by Crippen LogP contribution is -2.08. The van der Waals surface area contributed by atoms with E-state index in [0.717, 1.165) is 15.7 Å². The summed E-state index contributed by atoms with van der Waals surface area (Å²) in [6, 6.07) is 9.76. The molecular formula is C14H15BrN2O2. The molecule has 0 atom stereocenters. The van der Waals surface area contributed by atoms with Gasteiger partial charge in [-0.1, -0.05) is 28.1 Å². The van der Waals surface area contributed by atoms with Crippen LogP contribution >= 0.6 is 15.9 Å². The van der Waals surface area contributed by atoms with Gasteiger partial charge in [0.15, 0.2) is 5.69 Å². The van der Waals surface area contributed by atoms with Crippen LogP contribution in [0.4, 0.5) is 0 Å². The number of carbonyl (C=O) groups is 1. The lowest BCUT2D eigenvalue weighted by molar-refractivity contribution is 0.0518. The highest BCUT2D eigenvalue weighted by atomic mass is 79.9. The highest BCUT2D eigenvalue weighted by molar-refractivity contribution is 9.10. The molecule has 0 saturated carbocycles. The van der Waals surface area contributed by atoms with Gasteiger partial charge in [0.2, 0.25) is 0 Å². The molecule has 5 heteroatoms. The third kappa shape index (κ3) is 3.44. The van der Waals surface area contributed by atoms with Crippen molar-refractivity contribution in [3.05, 3.63) is 51.8 Å². The molecule has 0 saturated heterocycles. The Labute approximate surface area is 120 Å². The van der Waals surface area contributed by atoms with Gasteiger partial charge in [-0.3, -0.25) is 4.68 Å². The van der Waals surface area contributed by atoms with Crippen molar-refractivity contribution in [2.75, 3.05) is 6.61 Å². The standard InChI is InChI=1S/C14H15BrN2O2/c1-3-19-14(18)13-7-10(2)17(16-13)9-11-5-4-6-12(15)8-11/h4-8H,3,9H2,1-2H3. The first-order chi connectivity index (χ1) is 9.10. The van der Waals surface area contributed by atoms with Gasteiger partial charge in [-0.05, 0) is 37.6 Å². The van der Waals surface area contributed by atoms with Crippen LogP contribution < -0.4 is 0 Å². The zero-order valence-corrected chi connectivity index (χ0v) is 12.5. The number of hydrogen-bond donors (Lipinski definition) is 0. The summed E-state index contributed by atoms with van der Waals surface area (Å²) in [5.41, 5.74) is 2.41. The minimum absolute atomic E-state index is 0.356. The van der Waals surface area contributed by atoms with E-state index in [1.165, 1.54) is 0 Å². The van der Waals surface area contributed by atoms with E-state index in [1.807, 2.05) is 31.2 Å². The van der Waals surface area contributed by atoms with E-state index in [1.54, 1.807) is 17.7 Å². The monoisotopic (exact) mass is 322 g/mol. The van der Waals surface area contributed by atoms with Crippen LogP contribution in [0.15, 0.2) is 34.8 Å². The normalized spacial score (nSPS) is 10.5. The van der Waals surface area contributed by atoms with Gasteiger partial charge in [0.1, 0.15) is 0 Å². The second kappa shape index (κ2) is 6.02. The average molecular weight is 323 g/mol. The van der Waals surface area contributed by atoms with Gasteiger partial charge in [0.25, 0.3) is 0 Å². The number of aromatic nitrogens is 2. The van der Waals surface area contributed by atoms with Crippen LogP contribution in [0.25, 0.3) is 0 Å². The summed E-state index contributed by atoms with van der Waals surface area (Å²) in [7, 11) is 0. The maximum Gasteiger partial charge on any atom is 0.358 e. The van der Waals surface area contributed by atoms with Crippen molar-refractivity contribution in [2.24, 2.45) is 0 Å². The maximum absolute atomic E-state index is 11.6. The molecule has 19 heavy (non-hydrogen) atoms. The molecule has 0 aliphatic carbocycles. The van der Waals surface area contributed by atoms with Gasteiger partial charge in [0, 0.05) is 10.2 Å². The van der Waals surface area contributed by atoms with E-state index in [2.05, 4.69) is 21.0 Å². The van der Waals surface area contributed by atoms with Gasteiger partial charge in [-0.25, -0.2) is 4.79 Å². The number of hydrogen-bond acceptors (Lipinski definition) is 3. The summed E-state index contributed by atoms with van der Waals surface area (Å²) in [4.78, 5) is 11.6. The molecule has 0 aliphatic rings. The number of ether oxygens (including phenoxy) is 1. The molecule has 0 spiro atoms. The number of benzene rings is 1. The number of esters is 1. The van der Waals surface area contributed by atoms with Crippen molar-refractivity contribution in [1.82, 2.24) is 9.78 Å². The predicted octanol–water partition coefficient (Wildman–Crippen LogP) is 3.18. The summed E-state index contributed by atoms with van der Waals surface area (Å²) in [6.07, 6.45) is 0. The van der Waals surface area contributed by atoms with Crippen LogP contribution in [0.3, 0.4) is 0 Å². The van der Waals surface area contributed by atoms with Gasteiger partial charge in [-0.2, -0.15) is 5.10 Å². The second-order valence-electron chi connectivity index (χ2n) is 4.18. The number of aryl methyl sites for hydroxylation is 1. The molecule has 4 nitrogen and oxygen atoms in total. The summed E-state index contributed by atoms with van der Waals surface area (Å²) < 4.78 is 7.77. The molecule has 1 heterocycles. The minimum atomic E-state index is -0.376. The molecule has 0 radical (unpaired) electrons. The van der Waals surface area contributed by atoms with Crippen molar-refractivity contribution in [3.8, 4) is 0 Å². The Bertz CT molecular complexity index is 593. The van der Waals surface area contributed by atoms with Crippen LogP contribution in [-0.2, 0) is 11.3 Å². The first-order valence-electron chi connectivity index (χ1n) is 6.06. The highest BCUT2D eigenvalue weighted by Gasteiger charge is 2.13. The van der Waals surface area contributed by atoms with E-state index in [4.69, 9.17) is 4.74 Å². The Morgan fingerprint density at radius 1 is 1.42 bits per heavy atom. The summed E-state index contributed by atoms with van der Waals surface area (Å²) >= 11 is 3.44. The van der Waals surface area contributed by atoms with Gasteiger partial charge in [0.05, 0.1) is 13.2 Å². The van der Waals surface area contributed by atoms with Crippen molar-refractivity contribution >= 4 is 21.9 Å². The summed E-state index contributed by atoms with van der Waals surface area (Å²) in [5, 5.41) is 4.28. The number of nitrogens with zero attached hydrogens (tertiary/aromatic N) is 2. The zero-order chi connectivity index (χ0) is 13.8. The Kier molecular flexibility index (Phi) is 4.37. The molecule has 0 amide bonds. The fourth-order valence-electron chi connectivity index (χ4n) is 1.78. The quantitative estimate of drug-likeness (QED) is 0.812. The predicted molar refractivity (Wildman–Crippen MR) is 76.2 cm³/mol. The van der Waals surface area contributed by atoms with E-state index >= 15 is 0 Å². The molecule has 1 aromatic heterocycles. The number of carbonyl (C=O) groups excluding carboxylic acids is 1. The fourth-order valence-corrected chi connectivity index (χ4v) is 2.23. The molecule has 0 unspecified atom stereocenters. The van der Waals surface area contributed by atoms with Crippen LogP contribution in [0, 0.1) is 6.92 Å². The Balaban J connectivity index is 2.19. The van der Waals surface area contributed by atoms with Crippen molar-refractivity contribution in [1.29, 1.82) is 0 Å². The highest BCUT2D eigenvalue weighted by Crippen LogP contribution is 2.14. The number of halogens is 1. The second-order valence-corrected chi connectivity index (χ2v) is 5.09. The first kappa shape index (κ1) is 13.8. The fraction of sp³-hybridized carbons (Fsp3) is 0.286. The van der Waals surface area contributed by atoms with E-state index < -0.39 is 0 Å². The molecular weight excluding hydrogens is 308 g/mol. The maximum atomic E-state index is 11.6. The largest absolute Gasteiger partial charge is 0.461 e. The molecule has 0 fully saturated rings. The smallest absolute Gasteiger partial charge is 0.358 e. The molecule has 2 rings (SSSR count). The van der Waals surface area contributed by atoms with Crippen molar-refractivity contribution < 1.29 is 9.53 Å². The Morgan fingerprint density at radius 3 is 2.89 bits per heavy atom. The third-order valence-electron chi connectivity index (χ3n) is 2.69. The Morgan fingerprint density at radius 2 is 2.21 bits per heavy atom.